The average molecular weight is 693 g/mol. The fourth-order valence-electron chi connectivity index (χ4n) is 5.74. The number of hydrogen-bond acceptors (Lipinski definition) is 10. The number of thioether (sulfide) groups is 2. The molecule has 2 unspecified atom stereocenters. The van der Waals surface area contributed by atoms with Crippen molar-refractivity contribution in [3.05, 3.63) is 108 Å². The molecule has 0 aliphatic carbocycles. The van der Waals surface area contributed by atoms with Crippen LogP contribution in [0.5, 0.6) is 0 Å². The molecular weight excluding hydrogens is 669 g/mol. The first-order chi connectivity index (χ1) is 22.9. The summed E-state index contributed by atoms with van der Waals surface area (Å²) in [6.45, 7) is 0. The van der Waals surface area contributed by atoms with Crippen LogP contribution in [0.2, 0.25) is 0 Å². The van der Waals surface area contributed by atoms with Crippen LogP contribution in [0.25, 0.3) is 20.4 Å². The molecule has 47 heavy (non-hydrogen) atoms. The summed E-state index contributed by atoms with van der Waals surface area (Å²) in [5.41, 5.74) is 4.89. The number of hydrogen-bond donors (Lipinski definition) is 0. The summed E-state index contributed by atoms with van der Waals surface area (Å²) < 4.78 is 3.66. The second kappa shape index (κ2) is 12.3. The predicted octanol–water partition coefficient (Wildman–Crippen LogP) is 7.35. The lowest BCUT2D eigenvalue weighted by Crippen LogP contribution is -2.31. The van der Waals surface area contributed by atoms with E-state index in [-0.39, 0.29) is 36.5 Å². The minimum absolute atomic E-state index is 0.136. The summed E-state index contributed by atoms with van der Waals surface area (Å²) in [5, 5.41) is -1.01. The Morgan fingerprint density at radius 1 is 0.574 bits per heavy atom. The van der Waals surface area contributed by atoms with Gasteiger partial charge in [0.2, 0.25) is 23.6 Å². The molecule has 2 saturated heterocycles. The lowest BCUT2D eigenvalue weighted by molar-refractivity contribution is -0.122. The molecule has 232 valence electrons. The number of fused-ring (bicyclic) bond motifs is 2. The van der Waals surface area contributed by atoms with E-state index in [9.17, 15) is 19.2 Å². The lowest BCUT2D eigenvalue weighted by Gasteiger charge is -2.16. The molecule has 4 aromatic carbocycles. The zero-order chi connectivity index (χ0) is 32.1. The maximum atomic E-state index is 13.3. The van der Waals surface area contributed by atoms with Crippen LogP contribution in [0.4, 0.5) is 11.4 Å². The molecule has 2 aliphatic heterocycles. The molecule has 12 heteroatoms. The minimum atomic E-state index is -0.503. The van der Waals surface area contributed by atoms with Gasteiger partial charge in [-0.2, -0.15) is 0 Å². The van der Waals surface area contributed by atoms with Gasteiger partial charge in [0, 0.05) is 12.8 Å². The zero-order valence-electron chi connectivity index (χ0n) is 24.6. The van der Waals surface area contributed by atoms with E-state index < -0.39 is 10.5 Å². The molecule has 8 nitrogen and oxygen atoms in total. The molecule has 2 fully saturated rings. The van der Waals surface area contributed by atoms with Crippen LogP contribution >= 0.6 is 46.2 Å². The average Bonchev–Trinajstić information content (AvgIpc) is 3.81. The van der Waals surface area contributed by atoms with Crippen molar-refractivity contribution < 1.29 is 19.2 Å². The molecule has 4 heterocycles. The third-order valence-corrected chi connectivity index (χ3v) is 12.7. The molecule has 2 aromatic heterocycles. The number of imide groups is 2. The summed E-state index contributed by atoms with van der Waals surface area (Å²) >= 11 is 5.75. The first kappa shape index (κ1) is 30.0. The van der Waals surface area contributed by atoms with Crippen molar-refractivity contribution in [2.24, 2.45) is 0 Å². The summed E-state index contributed by atoms with van der Waals surface area (Å²) in [5.74, 6) is -0.893. The van der Waals surface area contributed by atoms with E-state index in [1.165, 1.54) is 56.0 Å². The first-order valence-corrected chi connectivity index (χ1v) is 18.2. The molecule has 6 aromatic rings. The van der Waals surface area contributed by atoms with Crippen molar-refractivity contribution in [1.82, 2.24) is 9.97 Å². The Hall–Kier alpha value is -4.36. The number of aromatic nitrogens is 2. The Morgan fingerprint density at radius 2 is 0.979 bits per heavy atom. The highest BCUT2D eigenvalue weighted by molar-refractivity contribution is 8.02. The molecule has 4 amide bonds. The number of rotatable bonds is 8. The number of amides is 4. The highest BCUT2D eigenvalue weighted by atomic mass is 32.2. The highest BCUT2D eigenvalue weighted by Crippen LogP contribution is 2.39. The number of carbonyl (C=O) groups excluding carboxylic acids is 4. The van der Waals surface area contributed by atoms with E-state index in [2.05, 4.69) is 9.97 Å². The van der Waals surface area contributed by atoms with Crippen LogP contribution in [0.3, 0.4) is 0 Å². The van der Waals surface area contributed by atoms with Gasteiger partial charge < -0.3 is 0 Å². The fourth-order valence-corrected chi connectivity index (χ4v) is 10.4. The largest absolute Gasteiger partial charge is 0.274 e. The number of para-hydroxylation sites is 2. The second-order valence-corrected chi connectivity index (χ2v) is 16.1. The predicted molar refractivity (Wildman–Crippen MR) is 188 cm³/mol. The van der Waals surface area contributed by atoms with Crippen molar-refractivity contribution in [2.45, 2.75) is 38.4 Å². The van der Waals surface area contributed by atoms with Crippen LogP contribution in [-0.2, 0) is 25.6 Å². The number of carbonyl (C=O) groups is 4. The second-order valence-electron chi connectivity index (χ2n) is 11.2. The Balaban J connectivity index is 0.901. The van der Waals surface area contributed by atoms with Crippen molar-refractivity contribution in [3.63, 3.8) is 0 Å². The smallest absolute Gasteiger partial charge is 0.247 e. The lowest BCUT2D eigenvalue weighted by atomic mass is 10.0. The fraction of sp³-hybridized carbons (Fsp3) is 0.143. The van der Waals surface area contributed by atoms with Gasteiger partial charge in [0.15, 0.2) is 8.68 Å². The minimum Gasteiger partial charge on any atom is -0.274 e. The van der Waals surface area contributed by atoms with Crippen molar-refractivity contribution in [3.8, 4) is 0 Å². The number of thiazole rings is 2. The van der Waals surface area contributed by atoms with Crippen molar-refractivity contribution in [1.29, 1.82) is 0 Å². The van der Waals surface area contributed by atoms with Gasteiger partial charge in [-0.3, -0.25) is 19.2 Å². The van der Waals surface area contributed by atoms with Gasteiger partial charge in [0.05, 0.1) is 31.8 Å². The maximum absolute atomic E-state index is 13.3. The van der Waals surface area contributed by atoms with Gasteiger partial charge in [-0.05, 0) is 66.1 Å². The molecule has 8 rings (SSSR count). The van der Waals surface area contributed by atoms with E-state index in [4.69, 9.17) is 0 Å². The Morgan fingerprint density at radius 3 is 1.38 bits per heavy atom. The Bertz CT molecular complexity index is 1970. The van der Waals surface area contributed by atoms with Crippen molar-refractivity contribution >= 4 is 102 Å². The van der Waals surface area contributed by atoms with E-state index in [1.54, 1.807) is 24.3 Å². The van der Waals surface area contributed by atoms with Crippen LogP contribution in [-0.4, -0.2) is 44.1 Å². The van der Waals surface area contributed by atoms with E-state index in [1.807, 2.05) is 72.8 Å². The maximum Gasteiger partial charge on any atom is 0.247 e. The number of nitrogens with zero attached hydrogens (tertiary/aromatic N) is 4. The van der Waals surface area contributed by atoms with Gasteiger partial charge in [0.25, 0.3) is 0 Å². The molecule has 2 aliphatic rings. The van der Waals surface area contributed by atoms with Gasteiger partial charge in [-0.15, -0.1) is 22.7 Å². The Kier molecular flexibility index (Phi) is 7.88. The molecule has 0 bridgehead atoms. The molecule has 0 N–H and O–H groups in total. The molecule has 0 spiro atoms. The van der Waals surface area contributed by atoms with Crippen LogP contribution in [0, 0.1) is 0 Å². The molecule has 0 radical (unpaired) electrons. The van der Waals surface area contributed by atoms with Gasteiger partial charge >= 0.3 is 0 Å². The van der Waals surface area contributed by atoms with Gasteiger partial charge in [-0.1, -0.05) is 72.1 Å². The molecule has 0 saturated carbocycles. The standard InChI is InChI=1S/C35H24N4O4S4/c40-30-18-28(46-34-36-24-5-1-3-7-26(24)44-34)32(42)38(30)22-13-9-20(10-14-22)17-21-11-15-23(16-12-21)39-31(41)19-29(33(39)43)47-35-37-25-6-2-4-8-27(25)45-35/h1-16,28-29H,17-19H2. The molecule has 2 atom stereocenters. The van der Waals surface area contributed by atoms with Crippen LogP contribution in [0.1, 0.15) is 24.0 Å². The summed E-state index contributed by atoms with van der Waals surface area (Å²) in [4.78, 5) is 64.0. The Labute approximate surface area is 285 Å². The SMILES string of the molecule is O=C1CC(Sc2nc3ccccc3s2)C(=O)N1c1ccc(Cc2ccc(N3C(=O)CC(Sc4nc5ccccc5s4)C3=O)cc2)cc1. The quantitative estimate of drug-likeness (QED) is 0.153. The number of anilines is 2. The van der Waals surface area contributed by atoms with Gasteiger partial charge in [0.1, 0.15) is 10.5 Å². The van der Waals surface area contributed by atoms with Crippen LogP contribution in [0.15, 0.2) is 106 Å². The van der Waals surface area contributed by atoms with Gasteiger partial charge in [-0.25, -0.2) is 19.8 Å². The van der Waals surface area contributed by atoms with Crippen molar-refractivity contribution in [2.75, 3.05) is 9.80 Å². The zero-order valence-corrected chi connectivity index (χ0v) is 27.8. The van der Waals surface area contributed by atoms with E-state index in [0.717, 1.165) is 40.2 Å². The van der Waals surface area contributed by atoms with E-state index >= 15 is 0 Å². The monoisotopic (exact) mass is 692 g/mol. The molecular formula is C35H24N4O4S4. The number of benzene rings is 4. The third kappa shape index (κ3) is 5.86. The summed E-state index contributed by atoms with van der Waals surface area (Å²) in [7, 11) is 0. The highest BCUT2D eigenvalue weighted by Gasteiger charge is 2.42. The van der Waals surface area contributed by atoms with Crippen LogP contribution < -0.4 is 9.80 Å². The summed E-state index contributed by atoms with van der Waals surface area (Å²) in [6.07, 6.45) is 0.879. The van der Waals surface area contributed by atoms with E-state index in [0.29, 0.717) is 17.8 Å². The first-order valence-electron chi connectivity index (χ1n) is 14.9. The summed E-state index contributed by atoms with van der Waals surface area (Å²) in [6, 6.07) is 30.5. The topological polar surface area (TPSA) is 101 Å². The third-order valence-electron chi connectivity index (χ3n) is 8.04. The normalized spacial score (nSPS) is 18.4.